The van der Waals surface area contributed by atoms with Gasteiger partial charge in [0, 0.05) is 36.6 Å². The fourth-order valence-electron chi connectivity index (χ4n) is 3.81. The van der Waals surface area contributed by atoms with Crippen molar-refractivity contribution in [2.75, 3.05) is 18.4 Å². The number of likely N-dealkylation sites (tertiary alicyclic amines) is 1. The van der Waals surface area contributed by atoms with E-state index in [1.165, 1.54) is 0 Å². The van der Waals surface area contributed by atoms with Crippen molar-refractivity contribution in [1.29, 1.82) is 0 Å². The summed E-state index contributed by atoms with van der Waals surface area (Å²) in [5.41, 5.74) is 3.89. The fourth-order valence-corrected chi connectivity index (χ4v) is 3.81. The highest BCUT2D eigenvalue weighted by Gasteiger charge is 2.26. The molecule has 0 saturated carbocycles. The van der Waals surface area contributed by atoms with Crippen molar-refractivity contribution in [1.82, 2.24) is 24.6 Å². The number of carbonyl (C=O) groups excluding carboxylic acids is 1. The van der Waals surface area contributed by atoms with Crippen LogP contribution in [0, 0.1) is 13.8 Å². The van der Waals surface area contributed by atoms with Crippen molar-refractivity contribution < 1.29 is 4.79 Å². The molecule has 1 N–H and O–H groups in total. The van der Waals surface area contributed by atoms with Gasteiger partial charge in [0.05, 0.1) is 17.6 Å². The average molecular weight is 390 g/mol. The second-order valence-corrected chi connectivity index (χ2v) is 7.58. The zero-order chi connectivity index (χ0) is 20.2. The largest absolute Gasteiger partial charge is 0.340 e. The molecule has 1 saturated heterocycles. The Hall–Kier alpha value is -3.22. The number of aromatic nitrogens is 4. The molecule has 7 nitrogen and oxygen atoms in total. The molecule has 3 aromatic rings. The summed E-state index contributed by atoms with van der Waals surface area (Å²) in [6.45, 7) is 5.73. The van der Waals surface area contributed by atoms with Crippen LogP contribution in [0.4, 0.5) is 11.5 Å². The van der Waals surface area contributed by atoms with E-state index in [9.17, 15) is 4.79 Å². The Balaban J connectivity index is 1.39. The van der Waals surface area contributed by atoms with Gasteiger partial charge in [0.25, 0.3) is 0 Å². The van der Waals surface area contributed by atoms with Crippen molar-refractivity contribution in [3.63, 3.8) is 0 Å². The van der Waals surface area contributed by atoms with E-state index in [1.807, 2.05) is 61.3 Å². The third kappa shape index (κ3) is 4.62. The number of rotatable bonds is 5. The maximum atomic E-state index is 12.8. The van der Waals surface area contributed by atoms with Gasteiger partial charge in [-0.1, -0.05) is 6.07 Å². The number of aryl methyl sites for hydroxylation is 2. The smallest absolute Gasteiger partial charge is 0.244 e. The van der Waals surface area contributed by atoms with Crippen LogP contribution >= 0.6 is 0 Å². The lowest BCUT2D eigenvalue weighted by molar-refractivity contribution is -0.133. The molecule has 1 amide bonds. The van der Waals surface area contributed by atoms with Crippen molar-refractivity contribution >= 4 is 17.4 Å². The molecule has 1 fully saturated rings. The summed E-state index contributed by atoms with van der Waals surface area (Å²) in [7, 11) is 0. The highest BCUT2D eigenvalue weighted by molar-refractivity contribution is 5.76. The lowest BCUT2D eigenvalue weighted by atomic mass is 9.94. The SMILES string of the molecule is Cc1cc(C)n(CC(=O)N2CCC[C@H](c3ccc(Nc4ccccn4)cn3)C2)n1. The minimum Gasteiger partial charge on any atom is -0.340 e. The Labute approximate surface area is 170 Å². The van der Waals surface area contributed by atoms with Gasteiger partial charge in [0.2, 0.25) is 5.91 Å². The molecule has 4 rings (SSSR count). The molecule has 29 heavy (non-hydrogen) atoms. The first-order valence-electron chi connectivity index (χ1n) is 10.0. The number of anilines is 2. The standard InChI is InChI=1S/C22H26N6O/c1-16-12-17(2)28(26-16)15-22(29)27-11-5-6-18(14-27)20-9-8-19(13-24-20)25-21-7-3-4-10-23-21/h3-4,7-10,12-13,18H,5-6,11,14-15H2,1-2H3,(H,23,25)/t18-/m0/s1. The van der Waals surface area contributed by atoms with E-state index in [0.717, 1.165) is 48.0 Å². The summed E-state index contributed by atoms with van der Waals surface area (Å²) in [6, 6.07) is 11.8. The molecule has 1 atom stereocenters. The lowest BCUT2D eigenvalue weighted by Crippen LogP contribution is -2.41. The Morgan fingerprint density at radius 1 is 1.21 bits per heavy atom. The van der Waals surface area contributed by atoms with Gasteiger partial charge < -0.3 is 10.2 Å². The van der Waals surface area contributed by atoms with E-state index < -0.39 is 0 Å². The number of nitrogens with zero attached hydrogens (tertiary/aromatic N) is 5. The second kappa shape index (κ2) is 8.43. The number of piperidine rings is 1. The van der Waals surface area contributed by atoms with Crippen molar-refractivity contribution in [3.05, 3.63) is 65.9 Å². The number of hydrogen-bond donors (Lipinski definition) is 1. The monoisotopic (exact) mass is 390 g/mol. The quantitative estimate of drug-likeness (QED) is 0.722. The van der Waals surface area contributed by atoms with Crippen LogP contribution in [0.25, 0.3) is 0 Å². The van der Waals surface area contributed by atoms with Gasteiger partial charge in [-0.2, -0.15) is 5.10 Å². The Kier molecular flexibility index (Phi) is 5.55. The number of hydrogen-bond acceptors (Lipinski definition) is 5. The van der Waals surface area contributed by atoms with E-state index >= 15 is 0 Å². The molecule has 150 valence electrons. The molecule has 1 aliphatic rings. The van der Waals surface area contributed by atoms with Crippen molar-refractivity contribution in [3.8, 4) is 0 Å². The maximum Gasteiger partial charge on any atom is 0.244 e. The third-order valence-electron chi connectivity index (χ3n) is 5.30. The Morgan fingerprint density at radius 2 is 2.10 bits per heavy atom. The molecule has 0 unspecified atom stereocenters. The van der Waals surface area contributed by atoms with Crippen molar-refractivity contribution in [2.24, 2.45) is 0 Å². The van der Waals surface area contributed by atoms with Gasteiger partial charge in [-0.25, -0.2) is 4.98 Å². The molecule has 7 heteroatoms. The predicted molar refractivity (Wildman–Crippen MR) is 112 cm³/mol. The Morgan fingerprint density at radius 3 is 2.79 bits per heavy atom. The van der Waals surface area contributed by atoms with E-state index in [0.29, 0.717) is 13.1 Å². The van der Waals surface area contributed by atoms with Gasteiger partial charge in [-0.3, -0.25) is 14.5 Å². The summed E-state index contributed by atoms with van der Waals surface area (Å²) in [5.74, 6) is 1.17. The van der Waals surface area contributed by atoms with Gasteiger partial charge in [-0.15, -0.1) is 0 Å². The first-order valence-corrected chi connectivity index (χ1v) is 10.0. The molecule has 3 aromatic heterocycles. The zero-order valence-electron chi connectivity index (χ0n) is 16.9. The van der Waals surface area contributed by atoms with Crippen LogP contribution in [-0.2, 0) is 11.3 Å². The molecule has 4 heterocycles. The lowest BCUT2D eigenvalue weighted by Gasteiger charge is -2.32. The van der Waals surface area contributed by atoms with Crippen LogP contribution in [0.2, 0.25) is 0 Å². The van der Waals surface area contributed by atoms with E-state index in [-0.39, 0.29) is 11.8 Å². The first-order chi connectivity index (χ1) is 14.1. The molecule has 0 spiro atoms. The third-order valence-corrected chi connectivity index (χ3v) is 5.30. The number of carbonyl (C=O) groups is 1. The number of nitrogens with one attached hydrogen (secondary N) is 1. The van der Waals surface area contributed by atoms with Gasteiger partial charge in [0.1, 0.15) is 12.4 Å². The minimum atomic E-state index is 0.120. The predicted octanol–water partition coefficient (Wildman–Crippen LogP) is 3.44. The van der Waals surface area contributed by atoms with Gasteiger partial charge in [-0.05, 0) is 57.0 Å². The Bertz CT molecular complexity index is 967. The van der Waals surface area contributed by atoms with E-state index in [4.69, 9.17) is 0 Å². The average Bonchev–Trinajstić information content (AvgIpc) is 3.06. The zero-order valence-corrected chi connectivity index (χ0v) is 16.9. The summed E-state index contributed by atoms with van der Waals surface area (Å²) in [5, 5.41) is 7.66. The van der Waals surface area contributed by atoms with Gasteiger partial charge >= 0.3 is 0 Å². The molecule has 0 aliphatic carbocycles. The fraction of sp³-hybridized carbons (Fsp3) is 0.364. The van der Waals surface area contributed by atoms with Crippen LogP contribution in [0.5, 0.6) is 0 Å². The summed E-state index contributed by atoms with van der Waals surface area (Å²) >= 11 is 0. The first kappa shape index (κ1) is 19.1. The van der Waals surface area contributed by atoms with Crippen LogP contribution < -0.4 is 5.32 Å². The highest BCUT2D eigenvalue weighted by atomic mass is 16.2. The molecule has 0 bridgehead atoms. The van der Waals surface area contributed by atoms with Gasteiger partial charge in [0.15, 0.2) is 0 Å². The van der Waals surface area contributed by atoms with Crippen LogP contribution in [0.3, 0.4) is 0 Å². The normalized spacial score (nSPS) is 16.6. The molecule has 1 aliphatic heterocycles. The number of pyridine rings is 2. The second-order valence-electron chi connectivity index (χ2n) is 7.58. The van der Waals surface area contributed by atoms with E-state index in [1.54, 1.807) is 10.9 Å². The topological polar surface area (TPSA) is 75.9 Å². The maximum absolute atomic E-state index is 12.8. The highest BCUT2D eigenvalue weighted by Crippen LogP contribution is 2.27. The van der Waals surface area contributed by atoms with E-state index in [2.05, 4.69) is 20.4 Å². The number of amides is 1. The summed E-state index contributed by atoms with van der Waals surface area (Å²) < 4.78 is 1.79. The van der Waals surface area contributed by atoms with Crippen LogP contribution in [0.15, 0.2) is 48.8 Å². The minimum absolute atomic E-state index is 0.120. The summed E-state index contributed by atoms with van der Waals surface area (Å²) in [4.78, 5) is 23.7. The van der Waals surface area contributed by atoms with Crippen LogP contribution in [-0.4, -0.2) is 43.6 Å². The molecule has 0 radical (unpaired) electrons. The van der Waals surface area contributed by atoms with Crippen molar-refractivity contribution in [2.45, 2.75) is 39.2 Å². The molecular weight excluding hydrogens is 364 g/mol. The summed E-state index contributed by atoms with van der Waals surface area (Å²) in [6.07, 6.45) is 5.62. The van der Waals surface area contributed by atoms with Crippen LogP contribution in [0.1, 0.15) is 35.8 Å². The molecule has 0 aromatic carbocycles. The molecular formula is C22H26N6O.